The van der Waals surface area contributed by atoms with E-state index in [-0.39, 0.29) is 10.7 Å². The largest absolute Gasteiger partial charge is 0.392 e. The molecule has 6 heteroatoms. The van der Waals surface area contributed by atoms with Crippen molar-refractivity contribution < 1.29 is 13.9 Å². The average molecular weight is 272 g/mol. The Kier molecular flexibility index (Phi) is 3.58. The molecule has 0 amide bonds. The summed E-state index contributed by atoms with van der Waals surface area (Å²) in [6.07, 6.45) is -2.74. The number of rotatable bonds is 2. The van der Waals surface area contributed by atoms with Crippen LogP contribution in [0.3, 0.4) is 0 Å². The molecule has 0 atom stereocenters. The topological polar surface area (TPSA) is 33.1 Å². The summed E-state index contributed by atoms with van der Waals surface area (Å²) in [7, 11) is 0. The zero-order chi connectivity index (χ0) is 10.0. The van der Waals surface area contributed by atoms with Gasteiger partial charge in [-0.15, -0.1) is 0 Å². The first kappa shape index (κ1) is 10.8. The van der Waals surface area contributed by atoms with E-state index in [1.807, 2.05) is 0 Å². The van der Waals surface area contributed by atoms with Gasteiger partial charge in [0.25, 0.3) is 6.43 Å². The van der Waals surface area contributed by atoms with Gasteiger partial charge in [0.2, 0.25) is 0 Å². The number of aliphatic hydroxyl groups is 1. The van der Waals surface area contributed by atoms with E-state index in [4.69, 9.17) is 16.7 Å². The summed E-state index contributed by atoms with van der Waals surface area (Å²) < 4.78 is 25.0. The van der Waals surface area contributed by atoms with E-state index in [0.717, 1.165) is 0 Å². The van der Waals surface area contributed by atoms with E-state index >= 15 is 0 Å². The lowest BCUT2D eigenvalue weighted by molar-refractivity contribution is 0.141. The van der Waals surface area contributed by atoms with Crippen molar-refractivity contribution in [1.82, 2.24) is 4.98 Å². The van der Waals surface area contributed by atoms with Gasteiger partial charge in [-0.25, -0.2) is 13.8 Å². The summed E-state index contributed by atoms with van der Waals surface area (Å²) >= 11 is 8.48. The van der Waals surface area contributed by atoms with E-state index in [1.165, 1.54) is 6.07 Å². The van der Waals surface area contributed by atoms with E-state index in [0.29, 0.717) is 4.47 Å². The number of hydrogen-bond acceptors (Lipinski definition) is 2. The molecule has 0 aliphatic rings. The van der Waals surface area contributed by atoms with Crippen molar-refractivity contribution in [2.45, 2.75) is 13.0 Å². The molecule has 1 aromatic heterocycles. The molecule has 0 saturated heterocycles. The Bertz CT molecular complexity index is 322. The van der Waals surface area contributed by atoms with Gasteiger partial charge in [-0.1, -0.05) is 27.5 Å². The van der Waals surface area contributed by atoms with Gasteiger partial charge in [0.15, 0.2) is 0 Å². The lowest BCUT2D eigenvalue weighted by atomic mass is 10.2. The summed E-state index contributed by atoms with van der Waals surface area (Å²) in [5.41, 5.74) is -0.415. The molecule has 72 valence electrons. The van der Waals surface area contributed by atoms with Crippen LogP contribution in [0.25, 0.3) is 0 Å². The fraction of sp³-hybridized carbons (Fsp3) is 0.286. The Labute approximate surface area is 86.7 Å². The molecule has 0 fully saturated rings. The molecule has 0 aliphatic carbocycles. The molecule has 0 saturated carbocycles. The van der Waals surface area contributed by atoms with Gasteiger partial charge in [0, 0.05) is 10.0 Å². The summed E-state index contributed by atoms with van der Waals surface area (Å²) in [6, 6.07) is 1.36. The first-order valence-corrected chi connectivity index (χ1v) is 4.47. The number of nitrogens with zero attached hydrogens (tertiary/aromatic N) is 1. The Morgan fingerprint density at radius 1 is 1.62 bits per heavy atom. The molecule has 1 rings (SSSR count). The number of pyridine rings is 1. The molecular formula is C7H5BrClF2NO. The van der Waals surface area contributed by atoms with Gasteiger partial charge < -0.3 is 5.11 Å². The Morgan fingerprint density at radius 2 is 2.23 bits per heavy atom. The third-order valence-electron chi connectivity index (χ3n) is 1.44. The first-order chi connectivity index (χ1) is 6.06. The second-order valence-corrected chi connectivity index (χ2v) is 3.49. The highest BCUT2D eigenvalue weighted by Gasteiger charge is 2.17. The number of aromatic nitrogens is 1. The van der Waals surface area contributed by atoms with Crippen LogP contribution >= 0.6 is 27.5 Å². The van der Waals surface area contributed by atoms with Crippen molar-refractivity contribution in [3.05, 3.63) is 26.9 Å². The Morgan fingerprint density at radius 3 is 2.69 bits per heavy atom. The molecule has 0 bridgehead atoms. The zero-order valence-electron chi connectivity index (χ0n) is 6.27. The van der Waals surface area contributed by atoms with Crippen molar-refractivity contribution in [2.24, 2.45) is 0 Å². The zero-order valence-corrected chi connectivity index (χ0v) is 8.61. The monoisotopic (exact) mass is 271 g/mol. The second kappa shape index (κ2) is 4.30. The highest BCUT2D eigenvalue weighted by Crippen LogP contribution is 2.29. The maximum atomic E-state index is 12.3. The van der Waals surface area contributed by atoms with Crippen molar-refractivity contribution >= 4 is 27.5 Å². The van der Waals surface area contributed by atoms with Crippen LogP contribution in [0.4, 0.5) is 8.78 Å². The average Bonchev–Trinajstić information content (AvgIpc) is 2.02. The van der Waals surface area contributed by atoms with Crippen molar-refractivity contribution in [3.8, 4) is 0 Å². The van der Waals surface area contributed by atoms with Crippen LogP contribution in [0.15, 0.2) is 10.5 Å². The third kappa shape index (κ3) is 2.36. The lowest BCUT2D eigenvalue weighted by Crippen LogP contribution is -2.00. The van der Waals surface area contributed by atoms with E-state index in [9.17, 15) is 8.78 Å². The molecule has 0 spiro atoms. The SMILES string of the molecule is OCc1c(Br)cc(Cl)nc1C(F)F. The minimum atomic E-state index is -2.74. The number of alkyl halides is 2. The fourth-order valence-corrected chi connectivity index (χ4v) is 1.74. The maximum absolute atomic E-state index is 12.3. The predicted octanol–water partition coefficient (Wildman–Crippen LogP) is 2.93. The molecule has 1 heterocycles. The van der Waals surface area contributed by atoms with Gasteiger partial charge >= 0.3 is 0 Å². The standard InChI is InChI=1S/C7H5BrClF2NO/c8-4-1-5(9)12-6(7(10)11)3(4)2-13/h1,7,13H,2H2. The molecule has 0 unspecified atom stereocenters. The smallest absolute Gasteiger partial charge is 0.280 e. The van der Waals surface area contributed by atoms with Crippen LogP contribution in [-0.2, 0) is 6.61 Å². The maximum Gasteiger partial charge on any atom is 0.280 e. The highest BCUT2D eigenvalue weighted by atomic mass is 79.9. The van der Waals surface area contributed by atoms with Crippen LogP contribution in [0.5, 0.6) is 0 Å². The van der Waals surface area contributed by atoms with E-state index < -0.39 is 18.7 Å². The normalized spacial score (nSPS) is 10.9. The van der Waals surface area contributed by atoms with Crippen LogP contribution in [0.2, 0.25) is 5.15 Å². The molecule has 0 aliphatic heterocycles. The van der Waals surface area contributed by atoms with Gasteiger partial charge in [-0.05, 0) is 6.07 Å². The van der Waals surface area contributed by atoms with Gasteiger partial charge in [-0.2, -0.15) is 0 Å². The molecule has 1 N–H and O–H groups in total. The van der Waals surface area contributed by atoms with Crippen molar-refractivity contribution in [1.29, 1.82) is 0 Å². The molecule has 13 heavy (non-hydrogen) atoms. The van der Waals surface area contributed by atoms with Crippen molar-refractivity contribution in [2.75, 3.05) is 0 Å². The predicted molar refractivity (Wildman–Crippen MR) is 47.8 cm³/mol. The van der Waals surface area contributed by atoms with Crippen molar-refractivity contribution in [3.63, 3.8) is 0 Å². The molecular weight excluding hydrogens is 267 g/mol. The van der Waals surface area contributed by atoms with Crippen LogP contribution in [0.1, 0.15) is 17.7 Å². The van der Waals surface area contributed by atoms with Crippen LogP contribution < -0.4 is 0 Å². The fourth-order valence-electron chi connectivity index (χ4n) is 0.866. The lowest BCUT2D eigenvalue weighted by Gasteiger charge is -2.07. The van der Waals surface area contributed by atoms with Gasteiger partial charge in [0.05, 0.1) is 6.61 Å². The summed E-state index contributed by atoms with van der Waals surface area (Å²) in [6.45, 7) is -0.496. The Balaban J connectivity index is 3.29. The quantitative estimate of drug-likeness (QED) is 0.840. The molecule has 0 aromatic carbocycles. The number of hydrogen-bond donors (Lipinski definition) is 1. The summed E-state index contributed by atoms with van der Waals surface area (Å²) in [4.78, 5) is 3.43. The van der Waals surface area contributed by atoms with Gasteiger partial charge in [-0.3, -0.25) is 0 Å². The molecule has 1 aromatic rings. The molecule has 2 nitrogen and oxygen atoms in total. The highest BCUT2D eigenvalue weighted by molar-refractivity contribution is 9.10. The summed E-state index contributed by atoms with van der Waals surface area (Å²) in [5.74, 6) is 0. The molecule has 0 radical (unpaired) electrons. The van der Waals surface area contributed by atoms with Crippen LogP contribution in [-0.4, -0.2) is 10.1 Å². The van der Waals surface area contributed by atoms with Crippen LogP contribution in [0, 0.1) is 0 Å². The van der Waals surface area contributed by atoms with E-state index in [2.05, 4.69) is 20.9 Å². The minimum Gasteiger partial charge on any atom is -0.392 e. The second-order valence-electron chi connectivity index (χ2n) is 2.25. The first-order valence-electron chi connectivity index (χ1n) is 3.30. The number of aliphatic hydroxyl groups excluding tert-OH is 1. The Hall–Kier alpha value is -0.260. The number of halogens is 4. The third-order valence-corrected chi connectivity index (χ3v) is 2.34. The van der Waals surface area contributed by atoms with Gasteiger partial charge in [0.1, 0.15) is 10.8 Å². The summed E-state index contributed by atoms with van der Waals surface area (Å²) in [5, 5.41) is 8.76. The van der Waals surface area contributed by atoms with E-state index in [1.54, 1.807) is 0 Å². The minimum absolute atomic E-state index is 0.0284.